The van der Waals surface area contributed by atoms with Crippen LogP contribution < -0.4 is 0 Å². The Morgan fingerprint density at radius 2 is 0.727 bits per heavy atom. The van der Waals surface area contributed by atoms with Crippen molar-refractivity contribution >= 4 is 0 Å². The van der Waals surface area contributed by atoms with Crippen LogP contribution in [0, 0.1) is 0 Å². The van der Waals surface area contributed by atoms with Crippen LogP contribution in [0.2, 0.25) is 0 Å². The molecule has 0 aromatic rings. The van der Waals surface area contributed by atoms with Gasteiger partial charge in [-0.1, -0.05) is 117 Å². The fraction of sp³-hybridized carbons (Fsp3) is 1.00. The van der Waals surface area contributed by atoms with Crippen LogP contribution in [0.15, 0.2) is 0 Å². The molecule has 200 valence electrons. The third-order valence-corrected chi connectivity index (χ3v) is 8.16. The second-order valence-electron chi connectivity index (χ2n) is 12.6. The van der Waals surface area contributed by atoms with E-state index in [9.17, 15) is 0 Å². The van der Waals surface area contributed by atoms with Crippen molar-refractivity contribution in [3.05, 3.63) is 0 Å². The van der Waals surface area contributed by atoms with Crippen LogP contribution in [0.5, 0.6) is 0 Å². The van der Waals surface area contributed by atoms with Crippen molar-refractivity contribution in [3.8, 4) is 0 Å². The van der Waals surface area contributed by atoms with Crippen LogP contribution in [-0.4, -0.2) is 62.8 Å². The molecule has 0 heterocycles. The molecule has 33 heavy (non-hydrogen) atoms. The summed E-state index contributed by atoms with van der Waals surface area (Å²) in [6.07, 6.45) is 28.7. The smallest absolute Gasteiger partial charge is 0.135 e. The second kappa shape index (κ2) is 21.2. The van der Waals surface area contributed by atoms with Crippen molar-refractivity contribution in [1.82, 2.24) is 0 Å². The van der Waals surface area contributed by atoms with Gasteiger partial charge < -0.3 is 8.97 Å². The Labute approximate surface area is 212 Å². The Balaban J connectivity index is 3.81. The lowest BCUT2D eigenvalue weighted by atomic mass is 10.1. The molecule has 1 unspecified atom stereocenters. The van der Waals surface area contributed by atoms with Crippen LogP contribution >= 0.6 is 0 Å². The fourth-order valence-corrected chi connectivity index (χ4v) is 5.28. The topological polar surface area (TPSA) is 0 Å². The van der Waals surface area contributed by atoms with E-state index in [0.29, 0.717) is 0 Å². The Kier molecular flexibility index (Phi) is 21.2. The quantitative estimate of drug-likeness (QED) is 0.0924. The van der Waals surface area contributed by atoms with Gasteiger partial charge in [0.15, 0.2) is 0 Å². The van der Waals surface area contributed by atoms with Gasteiger partial charge in [0.25, 0.3) is 0 Å². The minimum atomic E-state index is 0.738. The Morgan fingerprint density at radius 1 is 0.424 bits per heavy atom. The highest BCUT2D eigenvalue weighted by atomic mass is 15.4. The highest BCUT2D eigenvalue weighted by Gasteiger charge is 2.30. The van der Waals surface area contributed by atoms with E-state index in [0.717, 1.165) is 6.04 Å². The standard InChI is InChI=1S/C31H68N2/c1-8-10-12-14-16-18-20-22-24-26-28-32(4,5)30-31(3)33(6,7)29-27-25-23-21-19-17-15-13-11-9-2/h31H,8-30H2,1-7H3/q+2. The first kappa shape index (κ1) is 32.9. The fourth-order valence-electron chi connectivity index (χ4n) is 5.28. The molecule has 0 aliphatic rings. The number of hydrogen-bond acceptors (Lipinski definition) is 0. The van der Waals surface area contributed by atoms with Gasteiger partial charge in [0, 0.05) is 0 Å². The maximum absolute atomic E-state index is 2.49. The third kappa shape index (κ3) is 21.0. The zero-order chi connectivity index (χ0) is 24.8. The number of unbranched alkanes of at least 4 members (excludes halogenated alkanes) is 18. The Hall–Kier alpha value is -0.0800. The van der Waals surface area contributed by atoms with Crippen LogP contribution in [0.1, 0.15) is 149 Å². The van der Waals surface area contributed by atoms with E-state index in [2.05, 4.69) is 49.0 Å². The summed E-state index contributed by atoms with van der Waals surface area (Å²) in [5, 5.41) is 0. The highest BCUT2D eigenvalue weighted by molar-refractivity contribution is 4.54. The summed E-state index contributed by atoms with van der Waals surface area (Å²) >= 11 is 0. The summed E-state index contributed by atoms with van der Waals surface area (Å²) in [6.45, 7) is 11.1. The molecule has 0 aliphatic heterocycles. The van der Waals surface area contributed by atoms with Crippen LogP contribution in [0.4, 0.5) is 0 Å². The number of hydrogen-bond donors (Lipinski definition) is 0. The van der Waals surface area contributed by atoms with Gasteiger partial charge >= 0.3 is 0 Å². The number of quaternary nitrogens is 2. The lowest BCUT2D eigenvalue weighted by Crippen LogP contribution is -2.57. The minimum absolute atomic E-state index is 0.738. The van der Waals surface area contributed by atoms with Crippen LogP contribution in [0.25, 0.3) is 0 Å². The summed E-state index contributed by atoms with van der Waals surface area (Å²) in [6, 6.07) is 0.738. The van der Waals surface area contributed by atoms with Crippen molar-refractivity contribution in [1.29, 1.82) is 0 Å². The summed E-state index contributed by atoms with van der Waals surface area (Å²) in [5.41, 5.74) is 0. The van der Waals surface area contributed by atoms with E-state index in [1.54, 1.807) is 0 Å². The van der Waals surface area contributed by atoms with Gasteiger partial charge in [-0.3, -0.25) is 0 Å². The van der Waals surface area contributed by atoms with E-state index in [1.165, 1.54) is 157 Å². The molecule has 0 saturated carbocycles. The third-order valence-electron chi connectivity index (χ3n) is 8.16. The van der Waals surface area contributed by atoms with E-state index in [1.807, 2.05) is 0 Å². The number of rotatable bonds is 25. The van der Waals surface area contributed by atoms with Gasteiger partial charge in [-0.05, 0) is 32.6 Å². The maximum Gasteiger partial charge on any atom is 0.135 e. The number of nitrogens with zero attached hydrogens (tertiary/aromatic N) is 2. The zero-order valence-electron chi connectivity index (χ0n) is 24.7. The molecule has 0 aliphatic carbocycles. The lowest BCUT2D eigenvalue weighted by molar-refractivity contribution is -0.963. The monoisotopic (exact) mass is 469 g/mol. The zero-order valence-corrected chi connectivity index (χ0v) is 24.7. The first-order valence-corrected chi connectivity index (χ1v) is 15.4. The molecule has 0 rings (SSSR count). The van der Waals surface area contributed by atoms with E-state index >= 15 is 0 Å². The molecule has 1 atom stereocenters. The van der Waals surface area contributed by atoms with Crippen molar-refractivity contribution in [3.63, 3.8) is 0 Å². The molecular weight excluding hydrogens is 400 g/mol. The highest BCUT2D eigenvalue weighted by Crippen LogP contribution is 2.17. The van der Waals surface area contributed by atoms with Crippen molar-refractivity contribution in [2.75, 3.05) is 47.8 Å². The normalized spacial score (nSPS) is 13.5. The van der Waals surface area contributed by atoms with Gasteiger partial charge in [-0.15, -0.1) is 0 Å². The summed E-state index contributed by atoms with van der Waals surface area (Å²) in [4.78, 5) is 0. The lowest BCUT2D eigenvalue weighted by Gasteiger charge is -2.41. The van der Waals surface area contributed by atoms with Gasteiger partial charge in [-0.25, -0.2) is 0 Å². The summed E-state index contributed by atoms with van der Waals surface area (Å²) in [7, 11) is 9.87. The van der Waals surface area contributed by atoms with E-state index in [-0.39, 0.29) is 0 Å². The average Bonchev–Trinajstić information content (AvgIpc) is 2.76. The average molecular weight is 469 g/mol. The SMILES string of the molecule is CCCCCCCCCCCC[N+](C)(C)CC(C)[N+](C)(C)CCCCCCCCCCCC. The van der Waals surface area contributed by atoms with Crippen LogP contribution in [0.3, 0.4) is 0 Å². The molecular formula is C31H68N2+2. The first-order valence-electron chi connectivity index (χ1n) is 15.4. The van der Waals surface area contributed by atoms with Gasteiger partial charge in [-0.2, -0.15) is 0 Å². The summed E-state index contributed by atoms with van der Waals surface area (Å²) < 4.78 is 2.38. The molecule has 0 saturated heterocycles. The molecule has 0 aromatic heterocycles. The van der Waals surface area contributed by atoms with Crippen molar-refractivity contribution in [2.24, 2.45) is 0 Å². The Bertz CT molecular complexity index is 402. The molecule has 0 amide bonds. The van der Waals surface area contributed by atoms with Gasteiger partial charge in [0.1, 0.15) is 12.6 Å². The van der Waals surface area contributed by atoms with E-state index in [4.69, 9.17) is 0 Å². The Morgan fingerprint density at radius 3 is 1.09 bits per heavy atom. The van der Waals surface area contributed by atoms with E-state index < -0.39 is 0 Å². The summed E-state index contributed by atoms with van der Waals surface area (Å²) in [5.74, 6) is 0. The largest absolute Gasteiger partial charge is 0.324 e. The predicted octanol–water partition coefficient (Wildman–Crippen LogP) is 9.37. The molecule has 0 fully saturated rings. The number of likely N-dealkylation sites (N-methyl/N-ethyl adjacent to an activating group) is 2. The van der Waals surface area contributed by atoms with Crippen LogP contribution in [-0.2, 0) is 0 Å². The van der Waals surface area contributed by atoms with Gasteiger partial charge in [0.2, 0.25) is 0 Å². The molecule has 0 N–H and O–H groups in total. The minimum Gasteiger partial charge on any atom is -0.324 e. The molecule has 0 aromatic carbocycles. The molecule has 0 radical (unpaired) electrons. The van der Waals surface area contributed by atoms with Crippen molar-refractivity contribution < 1.29 is 8.97 Å². The second-order valence-corrected chi connectivity index (χ2v) is 12.6. The van der Waals surface area contributed by atoms with Gasteiger partial charge in [0.05, 0.1) is 41.3 Å². The van der Waals surface area contributed by atoms with Crippen molar-refractivity contribution in [2.45, 2.75) is 155 Å². The predicted molar refractivity (Wildman–Crippen MR) is 152 cm³/mol. The molecule has 2 nitrogen and oxygen atoms in total. The maximum atomic E-state index is 2.49. The molecule has 0 spiro atoms. The molecule has 2 heteroatoms. The molecule has 0 bridgehead atoms. The first-order chi connectivity index (χ1) is 15.7.